The predicted molar refractivity (Wildman–Crippen MR) is 125 cm³/mol. The van der Waals surface area contributed by atoms with Gasteiger partial charge >= 0.3 is 5.97 Å². The predicted octanol–water partition coefficient (Wildman–Crippen LogP) is 3.91. The molecule has 1 aromatic heterocycles. The molecule has 0 amide bonds. The van der Waals surface area contributed by atoms with Gasteiger partial charge in [0.15, 0.2) is 17.3 Å². The van der Waals surface area contributed by atoms with Gasteiger partial charge in [0.25, 0.3) is 0 Å². The molecular weight excluding hydrogens is 448 g/mol. The molecule has 2 aliphatic heterocycles. The third kappa shape index (κ3) is 7.35. The summed E-state index contributed by atoms with van der Waals surface area (Å²) in [6, 6.07) is 5.50. The molecule has 1 atom stereocenters. The molecule has 0 radical (unpaired) electrons. The van der Waals surface area contributed by atoms with Gasteiger partial charge in [0.2, 0.25) is 12.7 Å². The molecule has 1 aromatic carbocycles. The molecule has 3 heterocycles. The highest BCUT2D eigenvalue weighted by molar-refractivity contribution is 5.85. The van der Waals surface area contributed by atoms with Crippen LogP contribution >= 0.6 is 12.4 Å². The minimum atomic E-state index is -0.877. The summed E-state index contributed by atoms with van der Waals surface area (Å²) in [6.07, 6.45) is 7.71. The number of aliphatic carboxylic acids is 1. The number of unbranched alkanes of at least 4 members (excludes halogenated alkanes) is 1. The summed E-state index contributed by atoms with van der Waals surface area (Å²) in [6.45, 7) is 2.01. The van der Waals surface area contributed by atoms with Gasteiger partial charge in [-0.1, -0.05) is 17.6 Å². The lowest BCUT2D eigenvalue weighted by Gasteiger charge is -2.13. The first-order chi connectivity index (χ1) is 15.7. The summed E-state index contributed by atoms with van der Waals surface area (Å²) < 4.78 is 16.2. The maximum atomic E-state index is 11.4. The second kappa shape index (κ2) is 12.4. The fourth-order valence-electron chi connectivity index (χ4n) is 4.03. The number of hydrogen-bond donors (Lipinski definition) is 2. The Kier molecular flexibility index (Phi) is 9.35. The van der Waals surface area contributed by atoms with Gasteiger partial charge in [-0.3, -0.25) is 9.79 Å². The van der Waals surface area contributed by atoms with Crippen molar-refractivity contribution in [3.63, 3.8) is 0 Å². The van der Waals surface area contributed by atoms with Crippen molar-refractivity contribution in [3.05, 3.63) is 35.5 Å². The Balaban J connectivity index is 0.00000306. The summed E-state index contributed by atoms with van der Waals surface area (Å²) in [4.78, 5) is 20.5. The number of hydrogen-bond acceptors (Lipinski definition) is 8. The van der Waals surface area contributed by atoms with Crippen LogP contribution in [0.1, 0.15) is 68.1 Å². The zero-order chi connectivity index (χ0) is 22.2. The van der Waals surface area contributed by atoms with Crippen LogP contribution in [-0.4, -0.2) is 46.9 Å². The molecule has 2 N–H and O–H groups in total. The topological polar surface area (TPSA) is 119 Å². The molecular formula is C23H31ClN4O5. The maximum absolute atomic E-state index is 11.4. The number of nitrogens with one attached hydrogen (secondary N) is 1. The van der Waals surface area contributed by atoms with Gasteiger partial charge in [-0.25, -0.2) is 0 Å². The number of ether oxygens (including phenoxy) is 2. The summed E-state index contributed by atoms with van der Waals surface area (Å²) >= 11 is 0. The number of aryl methyl sites for hydroxylation is 1. The SMILES string of the molecule is Cl.O=C(O)CC(Cc1nc(CCCCNC2=NCCCCC2)no1)c1ccc2c(c1)OCO2. The smallest absolute Gasteiger partial charge is 0.303 e. The number of aliphatic imine (C=N–C) groups is 1. The van der Waals surface area contributed by atoms with Crippen LogP contribution in [0.5, 0.6) is 11.5 Å². The Morgan fingerprint density at radius 3 is 2.91 bits per heavy atom. The van der Waals surface area contributed by atoms with Gasteiger partial charge in [0.1, 0.15) is 0 Å². The van der Waals surface area contributed by atoms with Crippen molar-refractivity contribution in [2.24, 2.45) is 4.99 Å². The average Bonchev–Trinajstić information content (AvgIpc) is 3.35. The molecule has 180 valence electrons. The molecule has 0 spiro atoms. The Labute approximate surface area is 199 Å². The molecule has 4 rings (SSSR count). The van der Waals surface area contributed by atoms with Crippen LogP contribution in [0.4, 0.5) is 0 Å². The molecule has 2 aromatic rings. The van der Waals surface area contributed by atoms with E-state index in [1.807, 2.05) is 12.1 Å². The summed E-state index contributed by atoms with van der Waals surface area (Å²) in [5.74, 6) is 2.38. The quantitative estimate of drug-likeness (QED) is 0.493. The van der Waals surface area contributed by atoms with Crippen LogP contribution in [0, 0.1) is 0 Å². The second-order valence-electron chi connectivity index (χ2n) is 8.24. The van der Waals surface area contributed by atoms with Gasteiger partial charge in [0.05, 0.1) is 12.3 Å². The zero-order valence-electron chi connectivity index (χ0n) is 18.6. The van der Waals surface area contributed by atoms with Crippen molar-refractivity contribution >= 4 is 24.2 Å². The third-order valence-electron chi connectivity index (χ3n) is 5.75. The van der Waals surface area contributed by atoms with Crippen LogP contribution in [-0.2, 0) is 17.6 Å². The van der Waals surface area contributed by atoms with Crippen molar-refractivity contribution in [2.75, 3.05) is 19.9 Å². The Morgan fingerprint density at radius 2 is 2.03 bits per heavy atom. The van der Waals surface area contributed by atoms with Crippen molar-refractivity contribution in [3.8, 4) is 11.5 Å². The lowest BCUT2D eigenvalue weighted by Crippen LogP contribution is -2.24. The van der Waals surface area contributed by atoms with E-state index in [1.54, 1.807) is 6.07 Å². The number of rotatable bonds is 10. The summed E-state index contributed by atoms with van der Waals surface area (Å²) in [5, 5.41) is 16.9. The van der Waals surface area contributed by atoms with Crippen molar-refractivity contribution in [1.82, 2.24) is 15.5 Å². The number of carboxylic acid groups (broad SMARTS) is 1. The van der Waals surface area contributed by atoms with E-state index in [-0.39, 0.29) is 31.5 Å². The molecule has 10 heteroatoms. The number of carboxylic acids is 1. The second-order valence-corrected chi connectivity index (χ2v) is 8.24. The van der Waals surface area contributed by atoms with Gasteiger partial charge in [-0.2, -0.15) is 4.98 Å². The number of carbonyl (C=O) groups is 1. The van der Waals surface area contributed by atoms with Crippen LogP contribution in [0.25, 0.3) is 0 Å². The Morgan fingerprint density at radius 1 is 1.15 bits per heavy atom. The molecule has 33 heavy (non-hydrogen) atoms. The fraction of sp³-hybridized carbons (Fsp3) is 0.565. The first-order valence-corrected chi connectivity index (χ1v) is 11.4. The summed E-state index contributed by atoms with van der Waals surface area (Å²) in [7, 11) is 0. The highest BCUT2D eigenvalue weighted by Gasteiger charge is 2.23. The number of benzene rings is 1. The minimum Gasteiger partial charge on any atom is -0.481 e. The molecule has 0 saturated heterocycles. The molecule has 0 saturated carbocycles. The van der Waals surface area contributed by atoms with E-state index in [0.717, 1.165) is 50.2 Å². The van der Waals surface area contributed by atoms with E-state index in [4.69, 9.17) is 14.0 Å². The first kappa shape index (κ1) is 24.8. The standard InChI is InChI=1S/C23H30N4O5.ClH/c28-23(29)14-17(16-8-9-18-19(12-16)31-15-30-18)13-22-26-21(27-32-22)7-3-5-11-25-20-6-2-1-4-10-24-20;/h8-9,12,17H,1-7,10-11,13-15H2,(H,24,25)(H,28,29);1H. The number of nitrogens with zero attached hydrogens (tertiary/aromatic N) is 3. The normalized spacial score (nSPS) is 15.8. The van der Waals surface area contributed by atoms with Crippen molar-refractivity contribution < 1.29 is 23.9 Å². The van der Waals surface area contributed by atoms with Crippen LogP contribution in [0.3, 0.4) is 0 Å². The van der Waals surface area contributed by atoms with E-state index >= 15 is 0 Å². The highest BCUT2D eigenvalue weighted by atomic mass is 35.5. The van der Waals surface area contributed by atoms with E-state index in [9.17, 15) is 9.90 Å². The van der Waals surface area contributed by atoms with Crippen molar-refractivity contribution in [1.29, 1.82) is 0 Å². The zero-order valence-corrected chi connectivity index (χ0v) is 19.4. The molecule has 1 unspecified atom stereocenters. The molecule has 0 bridgehead atoms. The highest BCUT2D eigenvalue weighted by Crippen LogP contribution is 2.36. The van der Waals surface area contributed by atoms with Crippen LogP contribution < -0.4 is 14.8 Å². The number of fused-ring (bicyclic) bond motifs is 1. The van der Waals surface area contributed by atoms with E-state index in [2.05, 4.69) is 20.4 Å². The van der Waals surface area contributed by atoms with Crippen molar-refractivity contribution in [2.45, 2.75) is 63.7 Å². The van der Waals surface area contributed by atoms with Crippen LogP contribution in [0.2, 0.25) is 0 Å². The Bertz CT molecular complexity index is 949. The van der Waals surface area contributed by atoms with Gasteiger partial charge in [-0.05, 0) is 43.4 Å². The average molecular weight is 479 g/mol. The molecule has 0 aliphatic carbocycles. The largest absolute Gasteiger partial charge is 0.481 e. The lowest BCUT2D eigenvalue weighted by molar-refractivity contribution is -0.137. The van der Waals surface area contributed by atoms with Crippen LogP contribution in [0.15, 0.2) is 27.7 Å². The molecule has 2 aliphatic rings. The third-order valence-corrected chi connectivity index (χ3v) is 5.75. The molecule has 9 nitrogen and oxygen atoms in total. The fourth-order valence-corrected chi connectivity index (χ4v) is 4.03. The van der Waals surface area contributed by atoms with Gasteiger partial charge in [-0.15, -0.1) is 12.4 Å². The molecule has 0 fully saturated rings. The minimum absolute atomic E-state index is 0. The Hall–Kier alpha value is -2.81. The maximum Gasteiger partial charge on any atom is 0.303 e. The van der Waals surface area contributed by atoms with Gasteiger partial charge in [0, 0.05) is 38.3 Å². The first-order valence-electron chi connectivity index (χ1n) is 11.4. The summed E-state index contributed by atoms with van der Waals surface area (Å²) in [5.41, 5.74) is 0.851. The number of amidine groups is 1. The number of halogens is 1. The monoisotopic (exact) mass is 478 g/mol. The van der Waals surface area contributed by atoms with Gasteiger partial charge < -0.3 is 24.4 Å². The van der Waals surface area contributed by atoms with E-state index < -0.39 is 5.97 Å². The number of aromatic nitrogens is 2. The lowest BCUT2D eigenvalue weighted by atomic mass is 9.92. The van der Waals surface area contributed by atoms with E-state index in [1.165, 1.54) is 19.3 Å². The van der Waals surface area contributed by atoms with E-state index in [0.29, 0.717) is 29.6 Å².